The van der Waals surface area contributed by atoms with Crippen LogP contribution in [-0.4, -0.2) is 52.9 Å². The first-order valence-electron chi connectivity index (χ1n) is 9.80. The molecule has 2 heterocycles. The summed E-state index contributed by atoms with van der Waals surface area (Å²) in [6, 6.07) is 9.90. The van der Waals surface area contributed by atoms with E-state index in [0.29, 0.717) is 6.04 Å². The number of aromatic amines is 1. The molecule has 1 aliphatic rings. The Balaban J connectivity index is 1.71. The van der Waals surface area contributed by atoms with E-state index in [1.165, 1.54) is 18.2 Å². The molecule has 2 aromatic heterocycles. The van der Waals surface area contributed by atoms with Crippen LogP contribution in [0.2, 0.25) is 5.02 Å². The first-order valence-corrected chi connectivity index (χ1v) is 11.7. The van der Waals surface area contributed by atoms with Crippen molar-refractivity contribution >= 4 is 43.2 Å². The normalized spacial score (nSPS) is 18.6. The SMILES string of the molecule is CN(C)[C@@H]1C[C@H]1n1ccc2ccc(S(=O)(=O)c3ccc(Cl)c4c(=O)n(O)c(=O)[nH]c34)cc21. The molecule has 0 bridgehead atoms. The number of rotatable bonds is 4. The molecule has 0 unspecified atom stereocenters. The number of benzene rings is 2. The monoisotopic (exact) mass is 474 g/mol. The molecule has 2 N–H and O–H groups in total. The molecule has 5 rings (SSSR count). The maximum atomic E-state index is 13.5. The van der Waals surface area contributed by atoms with Gasteiger partial charge in [0.15, 0.2) is 0 Å². The fourth-order valence-electron chi connectivity index (χ4n) is 4.21. The smallest absolute Gasteiger partial charge is 0.362 e. The van der Waals surface area contributed by atoms with Crippen LogP contribution in [-0.2, 0) is 9.84 Å². The second-order valence-corrected chi connectivity index (χ2v) is 10.4. The Morgan fingerprint density at radius 3 is 2.59 bits per heavy atom. The molecule has 4 aromatic rings. The predicted octanol–water partition coefficient (Wildman–Crippen LogP) is 2.24. The quantitative estimate of drug-likeness (QED) is 0.438. The highest BCUT2D eigenvalue weighted by molar-refractivity contribution is 7.91. The summed E-state index contributed by atoms with van der Waals surface area (Å²) in [6.45, 7) is 0. The summed E-state index contributed by atoms with van der Waals surface area (Å²) < 4.78 is 29.0. The molecule has 1 fully saturated rings. The third-order valence-corrected chi connectivity index (χ3v) is 8.09. The second-order valence-electron chi connectivity index (χ2n) is 8.12. The third kappa shape index (κ3) is 2.98. The molecular weight excluding hydrogens is 456 g/mol. The number of fused-ring (bicyclic) bond motifs is 2. The van der Waals surface area contributed by atoms with Crippen molar-refractivity contribution in [2.24, 2.45) is 0 Å². The average Bonchev–Trinajstić information content (AvgIpc) is 3.43. The number of nitrogens with zero attached hydrogens (tertiary/aromatic N) is 3. The number of nitrogens with one attached hydrogen (secondary N) is 1. The van der Waals surface area contributed by atoms with E-state index in [1.54, 1.807) is 12.1 Å². The van der Waals surface area contributed by atoms with Crippen LogP contribution >= 0.6 is 11.6 Å². The first-order chi connectivity index (χ1) is 15.1. The van der Waals surface area contributed by atoms with Crippen molar-refractivity contribution in [2.45, 2.75) is 28.3 Å². The number of likely N-dealkylation sites (N-methyl/N-ethyl adjacent to an activating group) is 1. The van der Waals surface area contributed by atoms with Crippen molar-refractivity contribution in [3.05, 3.63) is 68.5 Å². The zero-order valence-corrected chi connectivity index (χ0v) is 18.7. The Bertz CT molecular complexity index is 1630. The highest BCUT2D eigenvalue weighted by Gasteiger charge is 2.40. The molecule has 2 aromatic carbocycles. The van der Waals surface area contributed by atoms with Crippen LogP contribution in [0.15, 0.2) is 62.0 Å². The molecule has 1 aliphatic carbocycles. The number of aromatic nitrogens is 3. The van der Waals surface area contributed by atoms with Crippen LogP contribution in [0.25, 0.3) is 21.8 Å². The fraction of sp³-hybridized carbons (Fsp3) is 0.238. The Morgan fingerprint density at radius 2 is 1.91 bits per heavy atom. The number of halogens is 1. The molecule has 0 saturated heterocycles. The van der Waals surface area contributed by atoms with Gasteiger partial charge in [-0.3, -0.25) is 4.79 Å². The maximum Gasteiger partial charge on any atom is 0.362 e. The molecule has 0 amide bonds. The van der Waals surface area contributed by atoms with Gasteiger partial charge < -0.3 is 19.7 Å². The predicted molar refractivity (Wildman–Crippen MR) is 120 cm³/mol. The summed E-state index contributed by atoms with van der Waals surface area (Å²) in [5.74, 6) is 0. The molecule has 11 heteroatoms. The van der Waals surface area contributed by atoms with E-state index in [9.17, 15) is 23.2 Å². The molecule has 2 atom stereocenters. The van der Waals surface area contributed by atoms with Crippen molar-refractivity contribution in [3.8, 4) is 0 Å². The van der Waals surface area contributed by atoms with Gasteiger partial charge in [-0.25, -0.2) is 13.2 Å². The van der Waals surface area contributed by atoms with Gasteiger partial charge in [-0.2, -0.15) is 0 Å². The number of H-pyrrole nitrogens is 1. The minimum Gasteiger partial charge on any atom is -0.421 e. The van der Waals surface area contributed by atoms with E-state index in [0.717, 1.165) is 17.3 Å². The third-order valence-electron chi connectivity index (χ3n) is 5.99. The summed E-state index contributed by atoms with van der Waals surface area (Å²) in [5.41, 5.74) is -1.72. The molecular formula is C21H19ClN4O5S. The molecule has 0 spiro atoms. The summed E-state index contributed by atoms with van der Waals surface area (Å²) in [4.78, 5) is 28.4. The van der Waals surface area contributed by atoms with E-state index in [1.807, 2.05) is 26.4 Å². The lowest BCUT2D eigenvalue weighted by Crippen LogP contribution is -2.33. The Morgan fingerprint density at radius 1 is 1.16 bits per heavy atom. The van der Waals surface area contributed by atoms with Crippen LogP contribution < -0.4 is 11.2 Å². The lowest BCUT2D eigenvalue weighted by molar-refractivity contribution is 0.162. The van der Waals surface area contributed by atoms with E-state index >= 15 is 0 Å². The van der Waals surface area contributed by atoms with Crippen LogP contribution in [0.3, 0.4) is 0 Å². The summed E-state index contributed by atoms with van der Waals surface area (Å²) >= 11 is 6.07. The van der Waals surface area contributed by atoms with Crippen LogP contribution in [0.1, 0.15) is 12.5 Å². The Labute approximate surface area is 186 Å². The standard InChI is InChI=1S/C21H19ClN4O5S/c1-24(2)15-10-16(15)25-8-7-11-3-4-12(9-14(11)25)32(30,31)17-6-5-13(22)18-19(17)23-21(28)26(29)20(18)27/h3-9,15-16,29H,10H2,1-2H3,(H,23,28)/t15-,16-/m1/s1. The van der Waals surface area contributed by atoms with Gasteiger partial charge in [0.2, 0.25) is 9.84 Å². The van der Waals surface area contributed by atoms with Crippen molar-refractivity contribution in [3.63, 3.8) is 0 Å². The topological polar surface area (TPSA) is 117 Å². The van der Waals surface area contributed by atoms with Gasteiger partial charge in [-0.1, -0.05) is 22.4 Å². The van der Waals surface area contributed by atoms with Crippen molar-refractivity contribution in [1.29, 1.82) is 0 Å². The molecule has 0 aliphatic heterocycles. The zero-order valence-electron chi connectivity index (χ0n) is 17.1. The number of hydrogen-bond acceptors (Lipinski definition) is 6. The lowest BCUT2D eigenvalue weighted by atomic mass is 10.2. The highest BCUT2D eigenvalue weighted by Crippen LogP contribution is 2.42. The molecule has 166 valence electrons. The molecule has 9 nitrogen and oxygen atoms in total. The minimum atomic E-state index is -4.13. The van der Waals surface area contributed by atoms with Gasteiger partial charge in [0.05, 0.1) is 31.8 Å². The second kappa shape index (κ2) is 6.96. The van der Waals surface area contributed by atoms with E-state index < -0.39 is 21.1 Å². The van der Waals surface area contributed by atoms with Crippen LogP contribution in [0, 0.1) is 0 Å². The summed E-state index contributed by atoms with van der Waals surface area (Å²) in [6.07, 6.45) is 2.93. The van der Waals surface area contributed by atoms with Gasteiger partial charge in [0.25, 0.3) is 5.56 Å². The van der Waals surface area contributed by atoms with Crippen molar-refractivity contribution in [2.75, 3.05) is 14.1 Å². The summed E-state index contributed by atoms with van der Waals surface area (Å²) in [5, 5.41) is 10.2. The van der Waals surface area contributed by atoms with Gasteiger partial charge >= 0.3 is 5.69 Å². The van der Waals surface area contributed by atoms with Crippen molar-refractivity contribution < 1.29 is 13.6 Å². The van der Waals surface area contributed by atoms with Crippen LogP contribution in [0.5, 0.6) is 0 Å². The highest BCUT2D eigenvalue weighted by atomic mass is 35.5. The number of sulfone groups is 1. The average molecular weight is 475 g/mol. The summed E-state index contributed by atoms with van der Waals surface area (Å²) in [7, 11) is -0.106. The van der Waals surface area contributed by atoms with Crippen LogP contribution in [0.4, 0.5) is 0 Å². The minimum absolute atomic E-state index is 0.0182. The van der Waals surface area contributed by atoms with Gasteiger partial charge in [0, 0.05) is 17.8 Å². The molecule has 32 heavy (non-hydrogen) atoms. The lowest BCUT2D eigenvalue weighted by Gasteiger charge is -2.12. The maximum absolute atomic E-state index is 13.5. The van der Waals surface area contributed by atoms with E-state index in [4.69, 9.17) is 11.6 Å². The van der Waals surface area contributed by atoms with E-state index in [2.05, 4.69) is 14.5 Å². The van der Waals surface area contributed by atoms with E-state index in [-0.39, 0.29) is 36.5 Å². The first kappa shape index (κ1) is 20.8. The fourth-order valence-corrected chi connectivity index (χ4v) is 5.88. The Kier molecular flexibility index (Phi) is 4.52. The largest absolute Gasteiger partial charge is 0.421 e. The Hall–Kier alpha value is -3.08. The molecule has 0 radical (unpaired) electrons. The molecule has 1 saturated carbocycles. The van der Waals surface area contributed by atoms with Gasteiger partial charge in [-0.05, 0) is 56.2 Å². The zero-order chi connectivity index (χ0) is 22.9. The van der Waals surface area contributed by atoms with Gasteiger partial charge in [-0.15, -0.1) is 0 Å². The number of hydrogen-bond donors (Lipinski definition) is 2. The van der Waals surface area contributed by atoms with Gasteiger partial charge in [0.1, 0.15) is 0 Å². The van der Waals surface area contributed by atoms with Crippen molar-refractivity contribution in [1.82, 2.24) is 19.2 Å².